The molecule has 3 atom stereocenters. The molecule has 3 aliphatic rings. The van der Waals surface area contributed by atoms with Gasteiger partial charge in [-0.2, -0.15) is 0 Å². The van der Waals surface area contributed by atoms with Gasteiger partial charge < -0.3 is 25.8 Å². The summed E-state index contributed by atoms with van der Waals surface area (Å²) in [5, 5.41) is 10.2. The molecule has 1 aromatic carbocycles. The van der Waals surface area contributed by atoms with Gasteiger partial charge in [-0.15, -0.1) is 0 Å². The number of para-hydroxylation sites is 1. The van der Waals surface area contributed by atoms with E-state index in [0.717, 1.165) is 44.8 Å². The van der Waals surface area contributed by atoms with Gasteiger partial charge >= 0.3 is 0 Å². The second-order valence-electron chi connectivity index (χ2n) is 8.73. The lowest BCUT2D eigenvalue weighted by Gasteiger charge is -2.38. The first-order valence-electron chi connectivity index (χ1n) is 11.1. The molecule has 0 spiro atoms. The lowest BCUT2D eigenvalue weighted by atomic mass is 10.0. The average Bonchev–Trinajstić information content (AvgIpc) is 3.19. The third kappa shape index (κ3) is 5.53. The summed E-state index contributed by atoms with van der Waals surface area (Å²) in [6, 6.07) is 9.94. The van der Waals surface area contributed by atoms with Crippen LogP contribution in [-0.2, 0) is 9.59 Å². The number of nitrogens with zero attached hydrogens (tertiary/aromatic N) is 3. The number of anilines is 1. The molecule has 4 rings (SSSR count). The zero-order chi connectivity index (χ0) is 21.8. The van der Waals surface area contributed by atoms with Crippen LogP contribution in [-0.4, -0.2) is 96.1 Å². The van der Waals surface area contributed by atoms with Crippen LogP contribution in [0, 0.1) is 0 Å². The maximum Gasteiger partial charge on any atom is 0.237 e. The Morgan fingerprint density at radius 1 is 1.19 bits per heavy atom. The molecule has 0 aliphatic carbocycles. The number of carbonyl (C=O) groups is 2. The summed E-state index contributed by atoms with van der Waals surface area (Å²) in [7, 11) is 2.09. The molecule has 168 valence electrons. The molecular formula is C22H32N6O2S. The molecular weight excluding hydrogens is 412 g/mol. The summed E-state index contributed by atoms with van der Waals surface area (Å²) in [5.41, 5.74) is 0.939. The Kier molecular flexibility index (Phi) is 7.04. The first-order valence-corrected chi connectivity index (χ1v) is 11.5. The normalized spacial score (nSPS) is 26.8. The lowest BCUT2D eigenvalue weighted by molar-refractivity contribution is -0.133. The molecule has 0 radical (unpaired) electrons. The number of hydrogen-bond donors (Lipinski definition) is 3. The van der Waals surface area contributed by atoms with E-state index in [1.807, 2.05) is 35.2 Å². The van der Waals surface area contributed by atoms with Crippen molar-refractivity contribution in [2.24, 2.45) is 0 Å². The minimum atomic E-state index is -0.158. The molecule has 3 aliphatic heterocycles. The van der Waals surface area contributed by atoms with Crippen molar-refractivity contribution >= 4 is 34.8 Å². The van der Waals surface area contributed by atoms with Crippen LogP contribution in [0.2, 0.25) is 0 Å². The molecule has 2 amide bonds. The molecule has 3 fully saturated rings. The Labute approximate surface area is 189 Å². The highest BCUT2D eigenvalue weighted by Crippen LogP contribution is 2.26. The topological polar surface area (TPSA) is 79.9 Å². The summed E-state index contributed by atoms with van der Waals surface area (Å²) >= 11 is 5.47. The van der Waals surface area contributed by atoms with E-state index in [9.17, 15) is 9.59 Å². The number of carbonyl (C=O) groups excluding carboxylic acids is 2. The van der Waals surface area contributed by atoms with Crippen molar-refractivity contribution in [1.29, 1.82) is 0 Å². The van der Waals surface area contributed by atoms with Gasteiger partial charge in [-0.1, -0.05) is 18.2 Å². The molecule has 8 nitrogen and oxygen atoms in total. The highest BCUT2D eigenvalue weighted by Gasteiger charge is 2.43. The van der Waals surface area contributed by atoms with Gasteiger partial charge in [0.15, 0.2) is 5.11 Å². The van der Waals surface area contributed by atoms with Crippen molar-refractivity contribution < 1.29 is 9.59 Å². The van der Waals surface area contributed by atoms with Gasteiger partial charge in [-0.25, -0.2) is 0 Å². The monoisotopic (exact) mass is 444 g/mol. The summed E-state index contributed by atoms with van der Waals surface area (Å²) in [5.74, 6) is 0.302. The molecule has 0 unspecified atom stereocenters. The number of piperazine rings is 2. The van der Waals surface area contributed by atoms with E-state index in [4.69, 9.17) is 12.2 Å². The number of likely N-dealkylation sites (N-methyl/N-ethyl adjacent to an activating group) is 1. The molecule has 31 heavy (non-hydrogen) atoms. The third-order valence-electron chi connectivity index (χ3n) is 6.54. The van der Waals surface area contributed by atoms with Crippen LogP contribution in [0.5, 0.6) is 0 Å². The highest BCUT2D eigenvalue weighted by atomic mass is 32.1. The number of nitrogens with one attached hydrogen (secondary N) is 3. The summed E-state index contributed by atoms with van der Waals surface area (Å²) in [4.78, 5) is 31.6. The maximum absolute atomic E-state index is 12.7. The SMILES string of the molecule is CN1CCN(C(=O)CC[C@H]2CNC(=O)[C@H]3C[C@H](NC(=S)Nc4ccccc4)CN23)CC1. The largest absolute Gasteiger partial charge is 0.358 e. The maximum atomic E-state index is 12.7. The van der Waals surface area contributed by atoms with E-state index in [0.29, 0.717) is 24.5 Å². The van der Waals surface area contributed by atoms with E-state index in [2.05, 4.69) is 32.8 Å². The fraction of sp³-hybridized carbons (Fsp3) is 0.591. The number of rotatable bonds is 5. The van der Waals surface area contributed by atoms with Crippen LogP contribution < -0.4 is 16.0 Å². The van der Waals surface area contributed by atoms with Crippen molar-refractivity contribution in [2.75, 3.05) is 51.6 Å². The molecule has 9 heteroatoms. The predicted molar refractivity (Wildman–Crippen MR) is 125 cm³/mol. The fourth-order valence-corrected chi connectivity index (χ4v) is 5.01. The Morgan fingerprint density at radius 2 is 1.94 bits per heavy atom. The molecule has 0 saturated carbocycles. The quantitative estimate of drug-likeness (QED) is 0.570. The van der Waals surface area contributed by atoms with Crippen molar-refractivity contribution in [3.8, 4) is 0 Å². The molecule has 3 saturated heterocycles. The van der Waals surface area contributed by atoms with Crippen LogP contribution in [0.1, 0.15) is 19.3 Å². The lowest BCUT2D eigenvalue weighted by Crippen LogP contribution is -2.58. The molecule has 1 aromatic rings. The van der Waals surface area contributed by atoms with Crippen LogP contribution >= 0.6 is 12.2 Å². The number of hydrogen-bond acceptors (Lipinski definition) is 5. The zero-order valence-corrected chi connectivity index (χ0v) is 18.9. The zero-order valence-electron chi connectivity index (χ0n) is 18.0. The van der Waals surface area contributed by atoms with Crippen LogP contribution in [0.15, 0.2) is 30.3 Å². The molecule has 0 aromatic heterocycles. The van der Waals surface area contributed by atoms with E-state index in [-0.39, 0.29) is 29.9 Å². The van der Waals surface area contributed by atoms with Gasteiger partial charge in [0, 0.05) is 63.5 Å². The Bertz CT molecular complexity index is 798. The van der Waals surface area contributed by atoms with E-state index in [1.165, 1.54) is 0 Å². The van der Waals surface area contributed by atoms with Crippen LogP contribution in [0.25, 0.3) is 0 Å². The molecule has 3 heterocycles. The van der Waals surface area contributed by atoms with Crippen molar-refractivity contribution in [3.63, 3.8) is 0 Å². The fourth-order valence-electron chi connectivity index (χ4n) is 4.73. The summed E-state index contributed by atoms with van der Waals surface area (Å²) < 4.78 is 0. The second kappa shape index (κ2) is 9.93. The number of benzene rings is 1. The minimum absolute atomic E-state index is 0.0767. The smallest absolute Gasteiger partial charge is 0.237 e. The van der Waals surface area contributed by atoms with E-state index < -0.39 is 0 Å². The van der Waals surface area contributed by atoms with E-state index >= 15 is 0 Å². The summed E-state index contributed by atoms with van der Waals surface area (Å²) in [6.07, 6.45) is 2.01. The Morgan fingerprint density at radius 3 is 2.68 bits per heavy atom. The summed E-state index contributed by atoms with van der Waals surface area (Å²) in [6.45, 7) is 4.84. The number of fused-ring (bicyclic) bond motifs is 1. The van der Waals surface area contributed by atoms with Gasteiger partial charge in [-0.3, -0.25) is 14.5 Å². The number of amides is 2. The minimum Gasteiger partial charge on any atom is -0.358 e. The van der Waals surface area contributed by atoms with Gasteiger partial charge in [0.2, 0.25) is 11.8 Å². The first kappa shape index (κ1) is 22.0. The van der Waals surface area contributed by atoms with Gasteiger partial charge in [0.1, 0.15) is 0 Å². The van der Waals surface area contributed by atoms with Gasteiger partial charge in [0.25, 0.3) is 0 Å². The Hall–Kier alpha value is -2.23. The molecule has 0 bridgehead atoms. The van der Waals surface area contributed by atoms with Crippen LogP contribution in [0.4, 0.5) is 5.69 Å². The van der Waals surface area contributed by atoms with Gasteiger partial charge in [0.05, 0.1) is 6.04 Å². The van der Waals surface area contributed by atoms with Crippen molar-refractivity contribution in [1.82, 2.24) is 25.3 Å². The second-order valence-corrected chi connectivity index (χ2v) is 9.14. The molecule has 3 N–H and O–H groups in total. The van der Waals surface area contributed by atoms with Gasteiger partial charge in [-0.05, 0) is 44.2 Å². The highest BCUT2D eigenvalue weighted by molar-refractivity contribution is 7.80. The standard InChI is InChI=1S/C22H32N6O2S/c1-26-9-11-27(12-10-26)20(29)8-7-18-14-23-21(30)19-13-17(15-28(18)19)25-22(31)24-16-5-3-2-4-6-16/h2-6,17-19H,7-15H2,1H3,(H,23,30)(H2,24,25,31)/t17-,18-,19+/m0/s1. The number of thiocarbonyl (C=S) groups is 1. The van der Waals surface area contributed by atoms with Crippen LogP contribution in [0.3, 0.4) is 0 Å². The third-order valence-corrected chi connectivity index (χ3v) is 6.76. The van der Waals surface area contributed by atoms with Crippen molar-refractivity contribution in [2.45, 2.75) is 37.4 Å². The first-order chi connectivity index (χ1) is 15.0. The average molecular weight is 445 g/mol. The predicted octanol–water partition coefficient (Wildman–Crippen LogP) is 0.469. The van der Waals surface area contributed by atoms with E-state index in [1.54, 1.807) is 0 Å². The van der Waals surface area contributed by atoms with Crippen molar-refractivity contribution in [3.05, 3.63) is 30.3 Å². The Balaban J connectivity index is 1.28.